The van der Waals surface area contributed by atoms with Gasteiger partial charge in [0.15, 0.2) is 11.5 Å². The molecule has 30 heavy (non-hydrogen) atoms. The highest BCUT2D eigenvalue weighted by atomic mass is 16.5. The Morgan fingerprint density at radius 3 is 2.83 bits per heavy atom. The smallest absolute Gasteiger partial charge is 0.241 e. The summed E-state index contributed by atoms with van der Waals surface area (Å²) in [5.74, 6) is 2.41. The quantitative estimate of drug-likeness (QED) is 0.658. The minimum atomic E-state index is -0.00541. The van der Waals surface area contributed by atoms with Gasteiger partial charge in [0.05, 0.1) is 26.7 Å². The van der Waals surface area contributed by atoms with Crippen molar-refractivity contribution in [1.82, 2.24) is 25.3 Å². The molecule has 2 heterocycles. The van der Waals surface area contributed by atoms with Gasteiger partial charge in [-0.1, -0.05) is 5.16 Å². The number of hydrogen-bond acceptors (Lipinski definition) is 8. The van der Waals surface area contributed by atoms with Crippen molar-refractivity contribution in [1.29, 1.82) is 0 Å². The number of nitrogens with zero attached hydrogens (tertiary/aromatic N) is 4. The number of nitrogens with one attached hydrogen (secondary N) is 1. The summed E-state index contributed by atoms with van der Waals surface area (Å²) >= 11 is 0. The molecule has 0 saturated carbocycles. The fourth-order valence-electron chi connectivity index (χ4n) is 3.56. The van der Waals surface area contributed by atoms with E-state index < -0.39 is 0 Å². The summed E-state index contributed by atoms with van der Waals surface area (Å²) in [6.45, 7) is 3.64. The number of amides is 1. The molecule has 1 aliphatic heterocycles. The van der Waals surface area contributed by atoms with Crippen molar-refractivity contribution in [2.24, 2.45) is 5.92 Å². The van der Waals surface area contributed by atoms with Crippen LogP contribution in [0.2, 0.25) is 0 Å². The fourth-order valence-corrected chi connectivity index (χ4v) is 3.56. The molecule has 1 fully saturated rings. The largest absolute Gasteiger partial charge is 0.493 e. The number of aromatic nitrogens is 2. The first-order chi connectivity index (χ1) is 14.5. The van der Waals surface area contributed by atoms with Gasteiger partial charge in [-0.15, -0.1) is 0 Å². The molecule has 1 amide bonds. The van der Waals surface area contributed by atoms with E-state index in [4.69, 9.17) is 14.0 Å². The molecular weight excluding hydrogens is 386 g/mol. The zero-order valence-electron chi connectivity index (χ0n) is 18.2. The van der Waals surface area contributed by atoms with E-state index >= 15 is 0 Å². The molecule has 0 radical (unpaired) electrons. The molecule has 9 nitrogen and oxygen atoms in total. The first-order valence-electron chi connectivity index (χ1n) is 10.2. The summed E-state index contributed by atoms with van der Waals surface area (Å²) in [4.78, 5) is 21.2. The Labute approximate surface area is 177 Å². The molecule has 0 spiro atoms. The summed E-state index contributed by atoms with van der Waals surface area (Å²) in [6, 6.07) is 5.50. The molecule has 1 saturated heterocycles. The van der Waals surface area contributed by atoms with Gasteiger partial charge in [-0.3, -0.25) is 9.69 Å². The van der Waals surface area contributed by atoms with Gasteiger partial charge in [-0.2, -0.15) is 4.98 Å². The number of carbonyl (C=O) groups excluding carboxylic acids is 1. The van der Waals surface area contributed by atoms with Crippen LogP contribution in [0, 0.1) is 5.92 Å². The molecule has 1 aromatic heterocycles. The number of methoxy groups -OCH3 is 2. The summed E-state index contributed by atoms with van der Waals surface area (Å²) in [5.41, 5.74) is 0.791. The first kappa shape index (κ1) is 22.0. The molecule has 2 aromatic rings. The van der Waals surface area contributed by atoms with Gasteiger partial charge < -0.3 is 24.2 Å². The second-order valence-corrected chi connectivity index (χ2v) is 7.75. The first-order valence-corrected chi connectivity index (χ1v) is 10.2. The Hall–Kier alpha value is -2.65. The average Bonchev–Trinajstić information content (AvgIpc) is 3.21. The zero-order valence-corrected chi connectivity index (χ0v) is 18.2. The number of ether oxygens (including phenoxy) is 2. The maximum atomic E-state index is 12.4. The van der Waals surface area contributed by atoms with Gasteiger partial charge in [-0.05, 0) is 51.7 Å². The summed E-state index contributed by atoms with van der Waals surface area (Å²) < 4.78 is 16.1. The van der Waals surface area contributed by atoms with Crippen LogP contribution >= 0.6 is 0 Å². The maximum absolute atomic E-state index is 12.4. The van der Waals surface area contributed by atoms with Gasteiger partial charge >= 0.3 is 0 Å². The van der Waals surface area contributed by atoms with Crippen LogP contribution < -0.4 is 14.8 Å². The molecular formula is C21H31N5O4. The second kappa shape index (κ2) is 10.4. The topological polar surface area (TPSA) is 93.0 Å². The van der Waals surface area contributed by atoms with Crippen molar-refractivity contribution < 1.29 is 18.8 Å². The van der Waals surface area contributed by atoms with Gasteiger partial charge in [0.2, 0.25) is 17.6 Å². The lowest BCUT2D eigenvalue weighted by Gasteiger charge is -2.31. The van der Waals surface area contributed by atoms with Crippen molar-refractivity contribution in [2.75, 3.05) is 54.5 Å². The Kier molecular flexibility index (Phi) is 7.64. The van der Waals surface area contributed by atoms with Gasteiger partial charge in [-0.25, -0.2) is 0 Å². The summed E-state index contributed by atoms with van der Waals surface area (Å²) in [5, 5.41) is 7.13. The summed E-state index contributed by atoms with van der Waals surface area (Å²) in [7, 11) is 7.18. The van der Waals surface area contributed by atoms with Crippen LogP contribution in [-0.2, 0) is 11.3 Å². The number of carbonyl (C=O) groups is 1. The third kappa shape index (κ3) is 5.70. The fraction of sp³-hybridized carbons (Fsp3) is 0.571. The second-order valence-electron chi connectivity index (χ2n) is 7.75. The Morgan fingerprint density at radius 1 is 1.30 bits per heavy atom. The number of likely N-dealkylation sites (tertiary alicyclic amines) is 1. The summed E-state index contributed by atoms with van der Waals surface area (Å²) in [6.07, 6.45) is 1.88. The minimum absolute atomic E-state index is 0.00541. The lowest BCUT2D eigenvalue weighted by molar-refractivity contribution is -0.126. The van der Waals surface area contributed by atoms with Gasteiger partial charge in [0.1, 0.15) is 0 Å². The highest BCUT2D eigenvalue weighted by molar-refractivity contribution is 5.78. The highest BCUT2D eigenvalue weighted by Gasteiger charge is 2.26. The third-order valence-corrected chi connectivity index (χ3v) is 5.20. The Morgan fingerprint density at radius 2 is 2.10 bits per heavy atom. The average molecular weight is 418 g/mol. The Bertz CT molecular complexity index is 839. The SMILES string of the molecule is COc1ccc(-c2noc(CN3CCCC(C(=O)NCCN(C)C)C3)n2)cc1OC. The van der Waals surface area contributed by atoms with Crippen molar-refractivity contribution in [2.45, 2.75) is 19.4 Å². The van der Waals surface area contributed by atoms with E-state index in [9.17, 15) is 4.79 Å². The molecule has 1 aliphatic rings. The third-order valence-electron chi connectivity index (χ3n) is 5.20. The molecule has 1 unspecified atom stereocenters. The van der Waals surface area contributed by atoms with Crippen LogP contribution in [0.25, 0.3) is 11.4 Å². The van der Waals surface area contributed by atoms with E-state index in [0.717, 1.165) is 31.5 Å². The van der Waals surface area contributed by atoms with Crippen LogP contribution in [0.15, 0.2) is 22.7 Å². The molecule has 1 atom stereocenters. The number of rotatable bonds is 9. The van der Waals surface area contributed by atoms with Crippen LogP contribution in [0.3, 0.4) is 0 Å². The predicted octanol–water partition coefficient (Wildman–Crippen LogP) is 1.64. The minimum Gasteiger partial charge on any atom is -0.493 e. The van der Waals surface area contributed by atoms with Crippen molar-refractivity contribution in [3.8, 4) is 22.9 Å². The predicted molar refractivity (Wildman–Crippen MR) is 112 cm³/mol. The van der Waals surface area contributed by atoms with Gasteiger partial charge in [0, 0.05) is 25.2 Å². The number of likely N-dealkylation sites (N-methyl/N-ethyl adjacent to an activating group) is 1. The van der Waals surface area contributed by atoms with E-state index in [2.05, 4.69) is 25.3 Å². The molecule has 0 aliphatic carbocycles. The molecule has 164 valence electrons. The highest BCUT2D eigenvalue weighted by Crippen LogP contribution is 2.31. The molecule has 1 aromatic carbocycles. The van der Waals surface area contributed by atoms with E-state index in [0.29, 0.717) is 42.8 Å². The van der Waals surface area contributed by atoms with Crippen LogP contribution in [0.1, 0.15) is 18.7 Å². The molecule has 3 rings (SSSR count). The normalized spacial score (nSPS) is 17.2. The lowest BCUT2D eigenvalue weighted by atomic mass is 9.97. The molecule has 1 N–H and O–H groups in total. The van der Waals surface area contributed by atoms with Crippen molar-refractivity contribution in [3.63, 3.8) is 0 Å². The number of benzene rings is 1. The van der Waals surface area contributed by atoms with Crippen molar-refractivity contribution >= 4 is 5.91 Å². The van der Waals surface area contributed by atoms with E-state index in [1.54, 1.807) is 14.2 Å². The van der Waals surface area contributed by atoms with Gasteiger partial charge in [0.25, 0.3) is 0 Å². The van der Waals surface area contributed by atoms with Crippen LogP contribution in [0.5, 0.6) is 11.5 Å². The van der Waals surface area contributed by atoms with Crippen LogP contribution in [0.4, 0.5) is 0 Å². The Balaban J connectivity index is 1.58. The van der Waals surface area contributed by atoms with E-state index in [1.165, 1.54) is 0 Å². The number of piperidine rings is 1. The van der Waals surface area contributed by atoms with E-state index in [-0.39, 0.29) is 11.8 Å². The standard InChI is InChI=1S/C21H31N5O4/c1-25(2)11-9-22-21(27)16-6-5-10-26(13-16)14-19-23-20(24-30-19)15-7-8-17(28-3)18(12-15)29-4/h7-8,12,16H,5-6,9-11,13-14H2,1-4H3,(H,22,27). The monoisotopic (exact) mass is 417 g/mol. The number of hydrogen-bond donors (Lipinski definition) is 1. The zero-order chi connectivity index (χ0) is 21.5. The maximum Gasteiger partial charge on any atom is 0.241 e. The lowest BCUT2D eigenvalue weighted by Crippen LogP contribution is -2.44. The van der Waals surface area contributed by atoms with E-state index in [1.807, 2.05) is 32.3 Å². The van der Waals surface area contributed by atoms with Crippen molar-refractivity contribution in [3.05, 3.63) is 24.1 Å². The molecule has 9 heteroatoms. The van der Waals surface area contributed by atoms with Crippen LogP contribution in [-0.4, -0.2) is 80.3 Å². The molecule has 0 bridgehead atoms.